The zero-order valence-electron chi connectivity index (χ0n) is 6.55. The van der Waals surface area contributed by atoms with Gasteiger partial charge in [-0.3, -0.25) is 4.79 Å². The Bertz CT molecular complexity index is 296. The third kappa shape index (κ3) is 1.83. The van der Waals surface area contributed by atoms with Gasteiger partial charge in [0.2, 0.25) is 11.4 Å². The highest BCUT2D eigenvalue weighted by Crippen LogP contribution is 2.13. The number of aryl methyl sites for hydroxylation is 1. The van der Waals surface area contributed by atoms with Crippen molar-refractivity contribution in [2.45, 2.75) is 12.6 Å². The first-order valence-electron chi connectivity index (χ1n) is 3.51. The average Bonchev–Trinajstić information content (AvgIpc) is 2.04. The van der Waals surface area contributed by atoms with Crippen molar-refractivity contribution < 1.29 is 9.18 Å². The van der Waals surface area contributed by atoms with E-state index in [0.29, 0.717) is 5.56 Å². The van der Waals surface area contributed by atoms with Crippen LogP contribution in [0.4, 0.5) is 4.39 Å². The Hall–Kier alpha value is -0.890. The fourth-order valence-corrected chi connectivity index (χ4v) is 1.08. The molecule has 0 bridgehead atoms. The van der Waals surface area contributed by atoms with Crippen molar-refractivity contribution in [3.05, 3.63) is 35.4 Å². The van der Waals surface area contributed by atoms with E-state index < -0.39 is 11.4 Å². The molecule has 3 heteroatoms. The number of carbonyl (C=O) groups is 1. The second-order valence-electron chi connectivity index (χ2n) is 2.48. The Balaban J connectivity index is 3.03. The van der Waals surface area contributed by atoms with E-state index in [1.807, 2.05) is 0 Å². The minimum Gasteiger partial charge on any atom is -0.289 e. The molecule has 1 nitrogen and oxygen atoms in total. The van der Waals surface area contributed by atoms with Gasteiger partial charge in [-0.1, -0.05) is 35.9 Å². The molecule has 1 rings (SSSR count). The Kier molecular flexibility index (Phi) is 2.82. The summed E-state index contributed by atoms with van der Waals surface area (Å²) in [5.41, 5.74) is -0.850. The Morgan fingerprint density at radius 1 is 1.50 bits per heavy atom. The standard InChI is InChI=1S/C9H8ClFO/c1-6-4-2-3-5-7(6)8(12)9(10)11/h2-5,9H,1H3. The molecule has 64 valence electrons. The number of carbonyl (C=O) groups excluding carboxylic acids is 1. The number of ketones is 1. The lowest BCUT2D eigenvalue weighted by molar-refractivity contribution is 0.0934. The second-order valence-corrected chi connectivity index (χ2v) is 2.86. The molecule has 0 heterocycles. The van der Waals surface area contributed by atoms with Crippen LogP contribution in [0.15, 0.2) is 24.3 Å². The summed E-state index contributed by atoms with van der Waals surface area (Å²) in [6, 6.07) is 6.77. The first-order valence-corrected chi connectivity index (χ1v) is 3.94. The fraction of sp³-hybridized carbons (Fsp3) is 0.222. The van der Waals surface area contributed by atoms with Crippen LogP contribution in [0.25, 0.3) is 0 Å². The van der Waals surface area contributed by atoms with E-state index in [9.17, 15) is 9.18 Å². The van der Waals surface area contributed by atoms with Crippen LogP contribution in [0.2, 0.25) is 0 Å². The van der Waals surface area contributed by atoms with Gasteiger partial charge in [-0.15, -0.1) is 0 Å². The zero-order chi connectivity index (χ0) is 9.14. The normalized spacial score (nSPS) is 12.6. The smallest absolute Gasteiger partial charge is 0.235 e. The number of benzene rings is 1. The van der Waals surface area contributed by atoms with Gasteiger partial charge in [0.05, 0.1) is 0 Å². The van der Waals surface area contributed by atoms with Crippen LogP contribution in [0.5, 0.6) is 0 Å². The molecule has 1 aromatic rings. The predicted octanol–water partition coefficient (Wildman–Crippen LogP) is 2.71. The zero-order valence-corrected chi connectivity index (χ0v) is 7.31. The van der Waals surface area contributed by atoms with Crippen molar-refractivity contribution in [3.8, 4) is 0 Å². The molecule has 0 aliphatic heterocycles. The van der Waals surface area contributed by atoms with Crippen molar-refractivity contribution in [1.82, 2.24) is 0 Å². The van der Waals surface area contributed by atoms with E-state index in [-0.39, 0.29) is 0 Å². The van der Waals surface area contributed by atoms with Gasteiger partial charge in [0, 0.05) is 5.56 Å². The van der Waals surface area contributed by atoms with Crippen LogP contribution in [0, 0.1) is 6.92 Å². The third-order valence-corrected chi connectivity index (χ3v) is 1.81. The lowest BCUT2D eigenvalue weighted by atomic mass is 10.1. The molecule has 0 saturated heterocycles. The van der Waals surface area contributed by atoms with Gasteiger partial charge in [-0.25, -0.2) is 4.39 Å². The lowest BCUT2D eigenvalue weighted by Gasteiger charge is -2.02. The monoisotopic (exact) mass is 186 g/mol. The van der Waals surface area contributed by atoms with E-state index in [0.717, 1.165) is 5.56 Å². The van der Waals surface area contributed by atoms with Crippen molar-refractivity contribution in [1.29, 1.82) is 0 Å². The number of halogens is 2. The van der Waals surface area contributed by atoms with E-state index in [1.54, 1.807) is 31.2 Å². The highest BCUT2D eigenvalue weighted by molar-refractivity contribution is 6.32. The molecule has 0 amide bonds. The number of Topliss-reactive ketones (excluding diaryl/α,β-unsaturated/α-hetero) is 1. The maximum atomic E-state index is 12.4. The van der Waals surface area contributed by atoms with E-state index in [4.69, 9.17) is 11.6 Å². The van der Waals surface area contributed by atoms with Crippen molar-refractivity contribution in [3.63, 3.8) is 0 Å². The molecule has 0 N–H and O–H groups in total. The van der Waals surface area contributed by atoms with Gasteiger partial charge in [0.15, 0.2) is 0 Å². The van der Waals surface area contributed by atoms with E-state index in [2.05, 4.69) is 0 Å². The first-order chi connectivity index (χ1) is 5.63. The summed E-state index contributed by atoms with van der Waals surface area (Å²) in [6.07, 6.45) is 0. The lowest BCUT2D eigenvalue weighted by Crippen LogP contribution is -2.10. The van der Waals surface area contributed by atoms with Gasteiger partial charge >= 0.3 is 0 Å². The predicted molar refractivity (Wildman–Crippen MR) is 46.3 cm³/mol. The van der Waals surface area contributed by atoms with E-state index >= 15 is 0 Å². The first kappa shape index (κ1) is 9.20. The molecular weight excluding hydrogens is 179 g/mol. The summed E-state index contributed by atoms with van der Waals surface area (Å²) >= 11 is 5.02. The molecule has 0 aliphatic carbocycles. The molecule has 1 aromatic carbocycles. The molecule has 12 heavy (non-hydrogen) atoms. The summed E-state index contributed by atoms with van der Waals surface area (Å²) in [6.45, 7) is 1.74. The molecule has 0 fully saturated rings. The second kappa shape index (κ2) is 3.68. The Morgan fingerprint density at radius 2 is 2.08 bits per heavy atom. The number of hydrogen-bond donors (Lipinski definition) is 0. The van der Waals surface area contributed by atoms with E-state index in [1.165, 1.54) is 0 Å². The molecular formula is C9H8ClFO. The van der Waals surface area contributed by atoms with Crippen molar-refractivity contribution in [2.75, 3.05) is 0 Å². The number of hydrogen-bond acceptors (Lipinski definition) is 1. The quantitative estimate of drug-likeness (QED) is 0.513. The highest BCUT2D eigenvalue weighted by Gasteiger charge is 2.16. The molecule has 1 atom stereocenters. The molecule has 0 saturated carbocycles. The summed E-state index contributed by atoms with van der Waals surface area (Å²) in [5, 5.41) is 0. The minimum absolute atomic E-state index is 0.347. The minimum atomic E-state index is -1.94. The van der Waals surface area contributed by atoms with Crippen molar-refractivity contribution >= 4 is 17.4 Å². The summed E-state index contributed by atoms with van der Waals surface area (Å²) in [7, 11) is 0. The summed E-state index contributed by atoms with van der Waals surface area (Å²) < 4.78 is 12.4. The number of alkyl halides is 2. The van der Waals surface area contributed by atoms with Gasteiger partial charge in [0.25, 0.3) is 0 Å². The van der Waals surface area contributed by atoms with Crippen LogP contribution >= 0.6 is 11.6 Å². The van der Waals surface area contributed by atoms with Crippen LogP contribution in [0.3, 0.4) is 0 Å². The number of rotatable bonds is 2. The Morgan fingerprint density at radius 3 is 2.58 bits per heavy atom. The third-order valence-electron chi connectivity index (χ3n) is 1.61. The Labute approximate surface area is 75.2 Å². The molecule has 1 unspecified atom stereocenters. The van der Waals surface area contributed by atoms with Gasteiger partial charge in [-0.05, 0) is 12.5 Å². The summed E-state index contributed by atoms with van der Waals surface area (Å²) in [4.78, 5) is 11.1. The summed E-state index contributed by atoms with van der Waals surface area (Å²) in [5.74, 6) is -0.672. The fourth-order valence-electron chi connectivity index (χ4n) is 0.967. The maximum Gasteiger partial charge on any atom is 0.235 e. The van der Waals surface area contributed by atoms with Gasteiger partial charge < -0.3 is 0 Å². The van der Waals surface area contributed by atoms with Gasteiger partial charge in [0.1, 0.15) is 0 Å². The van der Waals surface area contributed by atoms with Crippen LogP contribution < -0.4 is 0 Å². The van der Waals surface area contributed by atoms with Crippen LogP contribution in [-0.2, 0) is 0 Å². The molecule has 0 radical (unpaired) electrons. The average molecular weight is 187 g/mol. The van der Waals surface area contributed by atoms with Crippen molar-refractivity contribution in [2.24, 2.45) is 0 Å². The molecule has 0 aliphatic rings. The molecule has 0 aromatic heterocycles. The maximum absolute atomic E-state index is 12.4. The SMILES string of the molecule is Cc1ccccc1C(=O)C(F)Cl. The topological polar surface area (TPSA) is 17.1 Å². The van der Waals surface area contributed by atoms with Crippen LogP contribution in [0.1, 0.15) is 15.9 Å². The van der Waals surface area contributed by atoms with Crippen LogP contribution in [-0.4, -0.2) is 11.4 Å². The highest BCUT2D eigenvalue weighted by atomic mass is 35.5. The molecule has 0 spiro atoms. The van der Waals surface area contributed by atoms with Gasteiger partial charge in [-0.2, -0.15) is 0 Å². The largest absolute Gasteiger partial charge is 0.289 e.